The van der Waals surface area contributed by atoms with Crippen molar-refractivity contribution in [3.05, 3.63) is 0 Å². The van der Waals surface area contributed by atoms with Gasteiger partial charge in [0.2, 0.25) is 5.91 Å². The predicted octanol–water partition coefficient (Wildman–Crippen LogP) is 0.633. The number of nitrogens with one attached hydrogen (secondary N) is 1. The number of carbonyl (C=O) groups is 1. The Hall–Kier alpha value is -0.820. The average molecular weight is 201 g/mol. The number of hydroxylamine groups is 1. The molecule has 4 nitrogen and oxygen atoms in total. The second-order valence-electron chi connectivity index (χ2n) is 2.17. The summed E-state index contributed by atoms with van der Waals surface area (Å²) in [4.78, 5) is 14.5. The van der Waals surface area contributed by atoms with Crippen LogP contribution in [0.2, 0.25) is 0 Å². The minimum atomic E-state index is -4.44. The molecule has 0 aromatic carbocycles. The highest BCUT2D eigenvalue weighted by Gasteiger charge is 2.28. The van der Waals surface area contributed by atoms with Crippen molar-refractivity contribution in [2.75, 3.05) is 20.3 Å². The third kappa shape index (κ3) is 9.09. The fourth-order valence-electron chi connectivity index (χ4n) is 0.444. The van der Waals surface area contributed by atoms with Gasteiger partial charge < -0.3 is 4.74 Å². The van der Waals surface area contributed by atoms with Gasteiger partial charge in [0.15, 0.2) is 6.61 Å². The van der Waals surface area contributed by atoms with Crippen LogP contribution in [0.25, 0.3) is 0 Å². The molecule has 1 N–H and O–H groups in total. The quantitative estimate of drug-likeness (QED) is 0.664. The fourth-order valence-corrected chi connectivity index (χ4v) is 0.444. The molecule has 0 bridgehead atoms. The standard InChI is InChI=1S/C6H10F3NO3/c1-12-3-2-5(11)10-13-4-6(7,8)9/h2-4H2,1H3,(H,10,11). The normalized spacial score (nSPS) is 11.4. The molecule has 0 rings (SSSR count). The van der Waals surface area contributed by atoms with Gasteiger partial charge in [-0.1, -0.05) is 0 Å². The molecule has 0 atom stereocenters. The number of alkyl halides is 3. The minimum absolute atomic E-state index is 0.0334. The zero-order valence-electron chi connectivity index (χ0n) is 6.98. The van der Waals surface area contributed by atoms with Crippen molar-refractivity contribution in [2.24, 2.45) is 0 Å². The number of hydrogen-bond donors (Lipinski definition) is 1. The molecular weight excluding hydrogens is 191 g/mol. The van der Waals surface area contributed by atoms with Gasteiger partial charge in [-0.3, -0.25) is 9.63 Å². The molecule has 0 spiro atoms. The largest absolute Gasteiger partial charge is 0.414 e. The lowest BCUT2D eigenvalue weighted by molar-refractivity contribution is -0.191. The van der Waals surface area contributed by atoms with Crippen LogP contribution >= 0.6 is 0 Å². The second kappa shape index (κ2) is 5.76. The summed E-state index contributed by atoms with van der Waals surface area (Å²) in [5, 5.41) is 0. The predicted molar refractivity (Wildman–Crippen MR) is 36.6 cm³/mol. The zero-order valence-corrected chi connectivity index (χ0v) is 6.98. The van der Waals surface area contributed by atoms with Crippen molar-refractivity contribution >= 4 is 5.91 Å². The van der Waals surface area contributed by atoms with E-state index in [-0.39, 0.29) is 13.0 Å². The molecule has 0 aromatic rings. The Morgan fingerprint density at radius 3 is 2.54 bits per heavy atom. The van der Waals surface area contributed by atoms with Gasteiger partial charge in [0.25, 0.3) is 0 Å². The third-order valence-electron chi connectivity index (χ3n) is 0.955. The Bertz CT molecular complexity index is 160. The smallest absolute Gasteiger partial charge is 0.384 e. The lowest BCUT2D eigenvalue weighted by Gasteiger charge is -2.07. The summed E-state index contributed by atoms with van der Waals surface area (Å²) in [6, 6.07) is 0. The van der Waals surface area contributed by atoms with Crippen molar-refractivity contribution < 1.29 is 27.5 Å². The summed E-state index contributed by atoms with van der Waals surface area (Å²) < 4.78 is 38.9. The lowest BCUT2D eigenvalue weighted by Crippen LogP contribution is -2.29. The summed E-state index contributed by atoms with van der Waals surface area (Å²) in [5.74, 6) is -0.647. The van der Waals surface area contributed by atoms with Crippen LogP contribution in [0.4, 0.5) is 13.2 Å². The molecule has 0 saturated carbocycles. The second-order valence-corrected chi connectivity index (χ2v) is 2.17. The number of hydrogen-bond acceptors (Lipinski definition) is 3. The first-order valence-electron chi connectivity index (χ1n) is 3.42. The van der Waals surface area contributed by atoms with E-state index < -0.39 is 18.7 Å². The molecule has 13 heavy (non-hydrogen) atoms. The molecule has 7 heteroatoms. The van der Waals surface area contributed by atoms with Gasteiger partial charge in [-0.2, -0.15) is 13.2 Å². The number of amides is 1. The van der Waals surface area contributed by atoms with Gasteiger partial charge in [-0.05, 0) is 0 Å². The highest BCUT2D eigenvalue weighted by Crippen LogP contribution is 2.13. The van der Waals surface area contributed by atoms with Crippen LogP contribution in [-0.2, 0) is 14.4 Å². The van der Waals surface area contributed by atoms with E-state index >= 15 is 0 Å². The summed E-state index contributed by atoms with van der Waals surface area (Å²) in [6.45, 7) is -1.35. The van der Waals surface area contributed by atoms with E-state index in [4.69, 9.17) is 0 Å². The maximum absolute atomic E-state index is 11.5. The summed E-state index contributed by atoms with van der Waals surface area (Å²) in [6.07, 6.45) is -4.47. The molecule has 0 aromatic heterocycles. The summed E-state index contributed by atoms with van der Waals surface area (Å²) in [7, 11) is 1.38. The van der Waals surface area contributed by atoms with Gasteiger partial charge in [0, 0.05) is 7.11 Å². The minimum Gasteiger partial charge on any atom is -0.384 e. The van der Waals surface area contributed by atoms with Crippen LogP contribution in [0, 0.1) is 0 Å². The van der Waals surface area contributed by atoms with Gasteiger partial charge in [0.05, 0.1) is 13.0 Å². The van der Waals surface area contributed by atoms with E-state index in [1.54, 1.807) is 5.48 Å². The molecule has 0 radical (unpaired) electrons. The van der Waals surface area contributed by atoms with Crippen LogP contribution in [0.3, 0.4) is 0 Å². The maximum Gasteiger partial charge on any atom is 0.414 e. The van der Waals surface area contributed by atoms with Crippen LogP contribution in [0.5, 0.6) is 0 Å². The van der Waals surface area contributed by atoms with Gasteiger partial charge >= 0.3 is 6.18 Å². The van der Waals surface area contributed by atoms with Crippen molar-refractivity contribution in [1.29, 1.82) is 0 Å². The third-order valence-corrected chi connectivity index (χ3v) is 0.955. The molecule has 0 unspecified atom stereocenters. The summed E-state index contributed by atoms with van der Waals surface area (Å²) >= 11 is 0. The Morgan fingerprint density at radius 2 is 2.08 bits per heavy atom. The van der Waals surface area contributed by atoms with Gasteiger partial charge in [-0.25, -0.2) is 5.48 Å². The van der Waals surface area contributed by atoms with E-state index in [0.29, 0.717) is 0 Å². The van der Waals surface area contributed by atoms with Crippen molar-refractivity contribution in [2.45, 2.75) is 12.6 Å². The Morgan fingerprint density at radius 1 is 1.46 bits per heavy atom. The fraction of sp³-hybridized carbons (Fsp3) is 0.833. The first kappa shape index (κ1) is 12.2. The number of ether oxygens (including phenoxy) is 1. The number of rotatable bonds is 5. The number of carbonyl (C=O) groups excluding carboxylic acids is 1. The molecule has 0 aliphatic heterocycles. The van der Waals surface area contributed by atoms with Gasteiger partial charge in [0.1, 0.15) is 0 Å². The van der Waals surface area contributed by atoms with Crippen LogP contribution in [0.15, 0.2) is 0 Å². The topological polar surface area (TPSA) is 47.6 Å². The first-order valence-corrected chi connectivity index (χ1v) is 3.42. The molecule has 0 saturated heterocycles. The number of halogens is 3. The molecule has 0 aliphatic carbocycles. The van der Waals surface area contributed by atoms with E-state index in [1.807, 2.05) is 0 Å². The van der Waals surface area contributed by atoms with E-state index in [1.165, 1.54) is 7.11 Å². The zero-order chi connectivity index (χ0) is 10.3. The Balaban J connectivity index is 3.37. The Kier molecular flexibility index (Phi) is 5.40. The van der Waals surface area contributed by atoms with Crippen LogP contribution in [0.1, 0.15) is 6.42 Å². The molecule has 0 aliphatic rings. The highest BCUT2D eigenvalue weighted by molar-refractivity contribution is 5.74. The van der Waals surface area contributed by atoms with Gasteiger partial charge in [-0.15, -0.1) is 0 Å². The van der Waals surface area contributed by atoms with Crippen molar-refractivity contribution in [3.8, 4) is 0 Å². The van der Waals surface area contributed by atoms with E-state index in [2.05, 4.69) is 9.57 Å². The monoisotopic (exact) mass is 201 g/mol. The summed E-state index contributed by atoms with van der Waals surface area (Å²) in [5.41, 5.74) is 1.64. The molecular formula is C6H10F3NO3. The molecule has 78 valence electrons. The van der Waals surface area contributed by atoms with E-state index in [9.17, 15) is 18.0 Å². The maximum atomic E-state index is 11.5. The van der Waals surface area contributed by atoms with Crippen LogP contribution in [-0.4, -0.2) is 32.4 Å². The molecule has 0 fully saturated rings. The number of methoxy groups -OCH3 is 1. The average Bonchev–Trinajstić information content (AvgIpc) is 1.98. The Labute approximate surface area is 73.0 Å². The first-order chi connectivity index (χ1) is 5.95. The molecule has 0 heterocycles. The highest BCUT2D eigenvalue weighted by atomic mass is 19.4. The van der Waals surface area contributed by atoms with Crippen molar-refractivity contribution in [3.63, 3.8) is 0 Å². The van der Waals surface area contributed by atoms with Crippen molar-refractivity contribution in [1.82, 2.24) is 5.48 Å². The van der Waals surface area contributed by atoms with E-state index in [0.717, 1.165) is 0 Å². The van der Waals surface area contributed by atoms with Crippen LogP contribution < -0.4 is 5.48 Å². The lowest BCUT2D eigenvalue weighted by atomic mass is 10.4. The molecule has 1 amide bonds. The SMILES string of the molecule is COCCC(=O)NOCC(F)(F)F.